The molecule has 0 radical (unpaired) electrons. The highest BCUT2D eigenvalue weighted by Crippen LogP contribution is 2.26. The van der Waals surface area contributed by atoms with Crippen LogP contribution in [-0.4, -0.2) is 54.0 Å². The standard InChI is InChI=1S/C25H28FN5O/c1-30-14-12-20(13-15-30)31(2)24-21(17-27-23(29-24)18-8-4-3-5-9-18)25(32)28-16-19-10-6-7-11-22(19)26/h3-11,17,20H,12-16H2,1-2H3,(H,28,32). The molecule has 0 atom stereocenters. The second-order valence-corrected chi connectivity index (χ2v) is 8.22. The summed E-state index contributed by atoms with van der Waals surface area (Å²) in [5.74, 6) is 0.514. The van der Waals surface area contributed by atoms with Crippen LogP contribution in [0.25, 0.3) is 11.4 Å². The number of hydrogen-bond acceptors (Lipinski definition) is 5. The van der Waals surface area contributed by atoms with Crippen LogP contribution < -0.4 is 10.2 Å². The van der Waals surface area contributed by atoms with Gasteiger partial charge in [-0.15, -0.1) is 0 Å². The van der Waals surface area contributed by atoms with Gasteiger partial charge in [0.25, 0.3) is 5.91 Å². The summed E-state index contributed by atoms with van der Waals surface area (Å²) in [6, 6.07) is 16.4. The van der Waals surface area contributed by atoms with Crippen molar-refractivity contribution in [3.8, 4) is 11.4 Å². The summed E-state index contributed by atoms with van der Waals surface area (Å²) >= 11 is 0. The summed E-state index contributed by atoms with van der Waals surface area (Å²) < 4.78 is 14.0. The van der Waals surface area contributed by atoms with Crippen molar-refractivity contribution < 1.29 is 9.18 Å². The summed E-state index contributed by atoms with van der Waals surface area (Å²) in [5.41, 5.74) is 1.72. The molecule has 0 unspecified atom stereocenters. The van der Waals surface area contributed by atoms with Gasteiger partial charge < -0.3 is 15.1 Å². The third-order valence-electron chi connectivity index (χ3n) is 6.01. The Kier molecular flexibility index (Phi) is 6.75. The van der Waals surface area contributed by atoms with E-state index in [9.17, 15) is 9.18 Å². The molecule has 1 aromatic heterocycles. The molecule has 32 heavy (non-hydrogen) atoms. The summed E-state index contributed by atoms with van der Waals surface area (Å²) in [6.45, 7) is 2.10. The average Bonchev–Trinajstić information content (AvgIpc) is 2.83. The van der Waals surface area contributed by atoms with E-state index in [0.717, 1.165) is 31.5 Å². The molecule has 0 saturated carbocycles. The van der Waals surface area contributed by atoms with E-state index < -0.39 is 0 Å². The summed E-state index contributed by atoms with van der Waals surface area (Å²) in [7, 11) is 4.11. The van der Waals surface area contributed by atoms with Gasteiger partial charge in [-0.25, -0.2) is 14.4 Å². The van der Waals surface area contributed by atoms with Crippen LogP contribution in [0, 0.1) is 5.82 Å². The average molecular weight is 434 g/mol. The van der Waals surface area contributed by atoms with Gasteiger partial charge >= 0.3 is 0 Å². The Labute approximate surface area is 188 Å². The van der Waals surface area contributed by atoms with Gasteiger partial charge in [0, 0.05) is 37.0 Å². The molecule has 7 heteroatoms. The number of carbonyl (C=O) groups excluding carboxylic acids is 1. The molecule has 0 aliphatic carbocycles. The van der Waals surface area contributed by atoms with Gasteiger partial charge in [0.1, 0.15) is 17.2 Å². The molecule has 0 spiro atoms. The lowest BCUT2D eigenvalue weighted by atomic mass is 10.0. The Morgan fingerprint density at radius 1 is 1.12 bits per heavy atom. The number of hydrogen-bond donors (Lipinski definition) is 1. The number of likely N-dealkylation sites (tertiary alicyclic amines) is 1. The highest BCUT2D eigenvalue weighted by molar-refractivity contribution is 5.98. The van der Waals surface area contributed by atoms with Crippen molar-refractivity contribution in [3.05, 3.63) is 77.7 Å². The minimum absolute atomic E-state index is 0.101. The highest BCUT2D eigenvalue weighted by Gasteiger charge is 2.26. The van der Waals surface area contributed by atoms with E-state index >= 15 is 0 Å². The van der Waals surface area contributed by atoms with E-state index in [-0.39, 0.29) is 24.3 Å². The quantitative estimate of drug-likeness (QED) is 0.642. The molecule has 1 aliphatic heterocycles. The Balaban J connectivity index is 1.62. The zero-order chi connectivity index (χ0) is 22.5. The molecule has 2 aromatic carbocycles. The maximum Gasteiger partial charge on any atom is 0.256 e. The fourth-order valence-electron chi connectivity index (χ4n) is 4.00. The maximum absolute atomic E-state index is 14.0. The summed E-state index contributed by atoms with van der Waals surface area (Å²) in [5, 5.41) is 2.83. The predicted octanol–water partition coefficient (Wildman–Crippen LogP) is 3.74. The van der Waals surface area contributed by atoms with Crippen LogP contribution in [0.5, 0.6) is 0 Å². The molecule has 1 aliphatic rings. The van der Waals surface area contributed by atoms with Gasteiger partial charge in [-0.05, 0) is 39.0 Å². The molecule has 1 N–H and O–H groups in total. The number of rotatable bonds is 6. The van der Waals surface area contributed by atoms with Gasteiger partial charge in [0.2, 0.25) is 0 Å². The Morgan fingerprint density at radius 2 is 1.81 bits per heavy atom. The molecule has 6 nitrogen and oxygen atoms in total. The van der Waals surface area contributed by atoms with Gasteiger partial charge in [0.05, 0.1) is 0 Å². The third-order valence-corrected chi connectivity index (χ3v) is 6.01. The van der Waals surface area contributed by atoms with Crippen molar-refractivity contribution in [2.45, 2.75) is 25.4 Å². The number of amides is 1. The van der Waals surface area contributed by atoms with Crippen LogP contribution in [0.1, 0.15) is 28.8 Å². The SMILES string of the molecule is CN1CCC(N(C)c2nc(-c3ccccc3)ncc2C(=O)NCc2ccccc2F)CC1. The minimum atomic E-state index is -0.341. The van der Waals surface area contributed by atoms with E-state index in [4.69, 9.17) is 4.98 Å². The smallest absolute Gasteiger partial charge is 0.256 e. The topological polar surface area (TPSA) is 61.4 Å². The number of benzene rings is 2. The molecular weight excluding hydrogens is 405 g/mol. The van der Waals surface area contributed by atoms with Gasteiger partial charge in [-0.3, -0.25) is 4.79 Å². The van der Waals surface area contributed by atoms with Crippen LogP contribution in [-0.2, 0) is 6.54 Å². The van der Waals surface area contributed by atoms with Crippen molar-refractivity contribution in [3.63, 3.8) is 0 Å². The number of nitrogens with one attached hydrogen (secondary N) is 1. The van der Waals surface area contributed by atoms with E-state index in [1.54, 1.807) is 24.4 Å². The van der Waals surface area contributed by atoms with Gasteiger partial charge in [-0.1, -0.05) is 48.5 Å². The molecule has 1 amide bonds. The van der Waals surface area contributed by atoms with Crippen LogP contribution in [0.4, 0.5) is 10.2 Å². The number of halogens is 1. The van der Waals surface area contributed by atoms with E-state index in [0.29, 0.717) is 22.8 Å². The van der Waals surface area contributed by atoms with E-state index in [1.165, 1.54) is 6.07 Å². The summed E-state index contributed by atoms with van der Waals surface area (Å²) in [6.07, 6.45) is 3.56. The lowest BCUT2D eigenvalue weighted by molar-refractivity contribution is 0.0950. The Morgan fingerprint density at radius 3 is 2.53 bits per heavy atom. The van der Waals surface area contributed by atoms with Crippen LogP contribution in [0.3, 0.4) is 0 Å². The highest BCUT2D eigenvalue weighted by atomic mass is 19.1. The Bertz CT molecular complexity index is 1070. The van der Waals surface area contributed by atoms with Crippen molar-refractivity contribution in [1.29, 1.82) is 0 Å². The van der Waals surface area contributed by atoms with Crippen LogP contribution in [0.2, 0.25) is 0 Å². The monoisotopic (exact) mass is 433 g/mol. The second-order valence-electron chi connectivity index (χ2n) is 8.22. The van der Waals surface area contributed by atoms with E-state index in [2.05, 4.69) is 27.1 Å². The molecule has 1 fully saturated rings. The lowest BCUT2D eigenvalue weighted by Crippen LogP contribution is -2.43. The first kappa shape index (κ1) is 21.9. The Hall–Kier alpha value is -3.32. The second kappa shape index (κ2) is 9.87. The first-order valence-corrected chi connectivity index (χ1v) is 10.9. The molecule has 2 heterocycles. The van der Waals surface area contributed by atoms with Crippen LogP contribution >= 0.6 is 0 Å². The fourth-order valence-corrected chi connectivity index (χ4v) is 4.00. The zero-order valence-electron chi connectivity index (χ0n) is 18.5. The van der Waals surface area contributed by atoms with E-state index in [1.807, 2.05) is 37.4 Å². The predicted molar refractivity (Wildman–Crippen MR) is 124 cm³/mol. The van der Waals surface area contributed by atoms with Crippen molar-refractivity contribution in [1.82, 2.24) is 20.2 Å². The fraction of sp³-hybridized carbons (Fsp3) is 0.320. The first-order chi connectivity index (χ1) is 15.5. The summed E-state index contributed by atoms with van der Waals surface area (Å²) in [4.78, 5) is 26.8. The number of nitrogens with zero attached hydrogens (tertiary/aromatic N) is 4. The first-order valence-electron chi connectivity index (χ1n) is 10.9. The number of aromatic nitrogens is 2. The van der Waals surface area contributed by atoms with Crippen molar-refractivity contribution >= 4 is 11.7 Å². The van der Waals surface area contributed by atoms with Crippen molar-refractivity contribution in [2.24, 2.45) is 0 Å². The maximum atomic E-state index is 14.0. The lowest BCUT2D eigenvalue weighted by Gasteiger charge is -2.36. The molecule has 4 rings (SSSR count). The largest absolute Gasteiger partial charge is 0.356 e. The zero-order valence-corrected chi connectivity index (χ0v) is 18.5. The number of anilines is 1. The van der Waals surface area contributed by atoms with Crippen LogP contribution in [0.15, 0.2) is 60.8 Å². The number of carbonyl (C=O) groups is 1. The molecular formula is C25H28FN5O. The molecule has 1 saturated heterocycles. The third kappa shape index (κ3) is 4.94. The normalized spacial score (nSPS) is 14.8. The van der Waals surface area contributed by atoms with Crippen molar-refractivity contribution in [2.75, 3.05) is 32.1 Å². The molecule has 0 bridgehead atoms. The van der Waals surface area contributed by atoms with Gasteiger partial charge in [0.15, 0.2) is 5.82 Å². The molecule has 3 aromatic rings. The number of piperidine rings is 1. The minimum Gasteiger partial charge on any atom is -0.356 e. The van der Waals surface area contributed by atoms with Gasteiger partial charge in [-0.2, -0.15) is 0 Å². The molecule has 166 valence electrons.